The fourth-order valence-corrected chi connectivity index (χ4v) is 2.35. The van der Waals surface area contributed by atoms with E-state index in [0.29, 0.717) is 23.6 Å². The van der Waals surface area contributed by atoms with Crippen molar-refractivity contribution in [3.63, 3.8) is 0 Å². The molecule has 0 aliphatic rings. The summed E-state index contributed by atoms with van der Waals surface area (Å²) in [5, 5.41) is 9.28. The van der Waals surface area contributed by atoms with Gasteiger partial charge < -0.3 is 14.7 Å². The Balaban J connectivity index is 2.36. The van der Waals surface area contributed by atoms with E-state index in [1.165, 1.54) is 0 Å². The highest BCUT2D eigenvalue weighted by molar-refractivity contribution is 6.32. The molecule has 0 radical (unpaired) electrons. The first-order chi connectivity index (χ1) is 10.1. The first-order valence-electron chi connectivity index (χ1n) is 7.25. The summed E-state index contributed by atoms with van der Waals surface area (Å²) >= 11 is 6.06. The molecule has 0 aliphatic carbocycles. The van der Waals surface area contributed by atoms with E-state index in [2.05, 4.69) is 0 Å². The van der Waals surface area contributed by atoms with Crippen LogP contribution in [0.25, 0.3) is 0 Å². The molecular formula is C16H24ClNO3. The van der Waals surface area contributed by atoms with Gasteiger partial charge in [0, 0.05) is 26.6 Å². The number of carbonyl (C=O) groups is 1. The van der Waals surface area contributed by atoms with Crippen LogP contribution in [0.4, 0.5) is 0 Å². The predicted molar refractivity (Wildman–Crippen MR) is 84.9 cm³/mol. The Morgan fingerprint density at radius 3 is 2.71 bits per heavy atom. The number of aryl methyl sites for hydroxylation is 1. The SMILES string of the molecule is COc1ccc(CCC(=O)N(C)CCCCCO)cc1Cl. The minimum atomic E-state index is 0.130. The van der Waals surface area contributed by atoms with Crippen molar-refractivity contribution in [2.24, 2.45) is 0 Å². The van der Waals surface area contributed by atoms with E-state index in [1.54, 1.807) is 12.0 Å². The van der Waals surface area contributed by atoms with Crippen LogP contribution < -0.4 is 4.74 Å². The number of benzene rings is 1. The lowest BCUT2D eigenvalue weighted by molar-refractivity contribution is -0.129. The summed E-state index contributed by atoms with van der Waals surface area (Å²) in [6.45, 7) is 0.956. The Hall–Kier alpha value is -1.26. The van der Waals surface area contributed by atoms with Crippen LogP contribution in [0.2, 0.25) is 5.02 Å². The highest BCUT2D eigenvalue weighted by Gasteiger charge is 2.09. The molecule has 118 valence electrons. The zero-order valence-electron chi connectivity index (χ0n) is 12.8. The van der Waals surface area contributed by atoms with Crippen LogP contribution in [0.5, 0.6) is 5.75 Å². The molecule has 21 heavy (non-hydrogen) atoms. The van der Waals surface area contributed by atoms with Gasteiger partial charge in [0.25, 0.3) is 0 Å². The molecule has 0 fully saturated rings. The number of amides is 1. The first-order valence-corrected chi connectivity index (χ1v) is 7.63. The standard InChI is InChI=1S/C16H24ClNO3/c1-18(10-4-3-5-11-19)16(20)9-7-13-6-8-15(21-2)14(17)12-13/h6,8,12,19H,3-5,7,9-11H2,1-2H3. The van der Waals surface area contributed by atoms with Crippen molar-refractivity contribution >= 4 is 17.5 Å². The number of aliphatic hydroxyl groups is 1. The number of rotatable bonds is 9. The number of nitrogens with zero attached hydrogens (tertiary/aromatic N) is 1. The van der Waals surface area contributed by atoms with Gasteiger partial charge in [-0.15, -0.1) is 0 Å². The molecule has 1 rings (SSSR count). The molecule has 1 N–H and O–H groups in total. The van der Waals surface area contributed by atoms with E-state index in [9.17, 15) is 4.79 Å². The molecule has 0 aliphatic heterocycles. The van der Waals surface area contributed by atoms with Crippen LogP contribution in [0.1, 0.15) is 31.2 Å². The van der Waals surface area contributed by atoms with E-state index in [4.69, 9.17) is 21.4 Å². The van der Waals surface area contributed by atoms with Gasteiger partial charge in [0.15, 0.2) is 0 Å². The smallest absolute Gasteiger partial charge is 0.222 e. The molecule has 1 aromatic rings. The van der Waals surface area contributed by atoms with Crippen LogP contribution in [-0.2, 0) is 11.2 Å². The largest absolute Gasteiger partial charge is 0.495 e. The lowest BCUT2D eigenvalue weighted by atomic mass is 10.1. The Bertz CT molecular complexity index is 451. The summed E-state index contributed by atoms with van der Waals surface area (Å²) in [7, 11) is 3.40. The maximum absolute atomic E-state index is 12.0. The zero-order valence-corrected chi connectivity index (χ0v) is 13.5. The van der Waals surface area contributed by atoms with Gasteiger partial charge in [0.1, 0.15) is 5.75 Å². The zero-order chi connectivity index (χ0) is 15.7. The van der Waals surface area contributed by atoms with Crippen molar-refractivity contribution in [3.05, 3.63) is 28.8 Å². The molecule has 0 saturated carbocycles. The molecule has 4 nitrogen and oxygen atoms in total. The van der Waals surface area contributed by atoms with Crippen molar-refractivity contribution in [1.82, 2.24) is 4.90 Å². The van der Waals surface area contributed by atoms with Crippen molar-refractivity contribution < 1.29 is 14.6 Å². The lowest BCUT2D eigenvalue weighted by Crippen LogP contribution is -2.27. The van der Waals surface area contributed by atoms with Gasteiger partial charge in [-0.05, 0) is 43.4 Å². The Labute approximate surface area is 131 Å². The van der Waals surface area contributed by atoms with Gasteiger partial charge in [-0.2, -0.15) is 0 Å². The molecule has 1 amide bonds. The third kappa shape index (κ3) is 6.36. The molecule has 0 atom stereocenters. The fraction of sp³-hybridized carbons (Fsp3) is 0.562. The summed E-state index contributed by atoms with van der Waals surface area (Å²) in [6.07, 6.45) is 3.81. The van der Waals surface area contributed by atoms with Crippen molar-refractivity contribution in [2.75, 3.05) is 27.3 Å². The molecule has 1 aromatic carbocycles. The first kappa shape index (κ1) is 17.8. The molecular weight excluding hydrogens is 290 g/mol. The number of aliphatic hydroxyl groups excluding tert-OH is 1. The summed E-state index contributed by atoms with van der Waals surface area (Å²) in [5.74, 6) is 0.777. The Kier molecular flexibility index (Phi) is 8.16. The minimum absolute atomic E-state index is 0.130. The summed E-state index contributed by atoms with van der Waals surface area (Å²) in [5.41, 5.74) is 1.03. The van der Waals surface area contributed by atoms with E-state index in [0.717, 1.165) is 31.4 Å². The maximum Gasteiger partial charge on any atom is 0.222 e. The predicted octanol–water partition coefficient (Wildman–Crippen LogP) is 2.90. The molecule has 5 heteroatoms. The molecule has 0 unspecified atom stereocenters. The Morgan fingerprint density at radius 1 is 1.33 bits per heavy atom. The third-order valence-electron chi connectivity index (χ3n) is 3.42. The minimum Gasteiger partial charge on any atom is -0.495 e. The average molecular weight is 314 g/mol. The van der Waals surface area contributed by atoms with Gasteiger partial charge >= 0.3 is 0 Å². The molecule has 0 saturated heterocycles. The number of halogens is 1. The van der Waals surface area contributed by atoms with Crippen molar-refractivity contribution in [1.29, 1.82) is 0 Å². The van der Waals surface area contributed by atoms with Crippen LogP contribution in [0.15, 0.2) is 18.2 Å². The van der Waals surface area contributed by atoms with Gasteiger partial charge in [0.2, 0.25) is 5.91 Å². The second-order valence-electron chi connectivity index (χ2n) is 5.07. The third-order valence-corrected chi connectivity index (χ3v) is 3.72. The second-order valence-corrected chi connectivity index (χ2v) is 5.48. The lowest BCUT2D eigenvalue weighted by Gasteiger charge is -2.17. The topological polar surface area (TPSA) is 49.8 Å². The van der Waals surface area contributed by atoms with Gasteiger partial charge in [0.05, 0.1) is 12.1 Å². The van der Waals surface area contributed by atoms with E-state index < -0.39 is 0 Å². The molecule has 0 bridgehead atoms. The van der Waals surface area contributed by atoms with E-state index in [1.807, 2.05) is 25.2 Å². The Morgan fingerprint density at radius 2 is 2.10 bits per heavy atom. The highest BCUT2D eigenvalue weighted by Crippen LogP contribution is 2.25. The normalized spacial score (nSPS) is 10.5. The summed E-state index contributed by atoms with van der Waals surface area (Å²) < 4.78 is 5.10. The monoisotopic (exact) mass is 313 g/mol. The van der Waals surface area contributed by atoms with Crippen LogP contribution in [0, 0.1) is 0 Å². The summed E-state index contributed by atoms with van der Waals surface area (Å²) in [6, 6.07) is 5.59. The van der Waals surface area contributed by atoms with Gasteiger partial charge in [-0.1, -0.05) is 17.7 Å². The maximum atomic E-state index is 12.0. The van der Waals surface area contributed by atoms with Gasteiger partial charge in [-0.25, -0.2) is 0 Å². The second kappa shape index (κ2) is 9.64. The average Bonchev–Trinajstić information content (AvgIpc) is 2.49. The fourth-order valence-electron chi connectivity index (χ4n) is 2.07. The van der Waals surface area contributed by atoms with Crippen LogP contribution in [0.3, 0.4) is 0 Å². The number of methoxy groups -OCH3 is 1. The number of unbranched alkanes of at least 4 members (excludes halogenated alkanes) is 2. The highest BCUT2D eigenvalue weighted by atomic mass is 35.5. The van der Waals surface area contributed by atoms with Crippen LogP contribution >= 0.6 is 11.6 Å². The number of ether oxygens (including phenoxy) is 1. The summed E-state index contributed by atoms with van der Waals surface area (Å²) in [4.78, 5) is 13.8. The quantitative estimate of drug-likeness (QED) is 0.713. The van der Waals surface area contributed by atoms with Crippen LogP contribution in [-0.4, -0.2) is 43.2 Å². The number of hydrogen-bond acceptors (Lipinski definition) is 3. The van der Waals surface area contributed by atoms with Crippen molar-refractivity contribution in [2.45, 2.75) is 32.1 Å². The van der Waals surface area contributed by atoms with E-state index in [-0.39, 0.29) is 12.5 Å². The number of carbonyl (C=O) groups excluding carboxylic acids is 1. The molecule has 0 aromatic heterocycles. The van der Waals surface area contributed by atoms with E-state index >= 15 is 0 Å². The molecule has 0 spiro atoms. The van der Waals surface area contributed by atoms with Crippen molar-refractivity contribution in [3.8, 4) is 5.75 Å². The van der Waals surface area contributed by atoms with Gasteiger partial charge in [-0.3, -0.25) is 4.79 Å². The molecule has 0 heterocycles. The number of hydrogen-bond donors (Lipinski definition) is 1.